The van der Waals surface area contributed by atoms with Crippen molar-refractivity contribution in [2.24, 2.45) is 0 Å². The zero-order valence-corrected chi connectivity index (χ0v) is 11.5. The fourth-order valence-corrected chi connectivity index (χ4v) is 3.49. The van der Waals surface area contributed by atoms with Crippen LogP contribution in [0.5, 0.6) is 0 Å². The average Bonchev–Trinajstić information content (AvgIpc) is 3.04. The van der Waals surface area contributed by atoms with E-state index in [9.17, 15) is 0 Å². The van der Waals surface area contributed by atoms with Crippen LogP contribution in [0.3, 0.4) is 0 Å². The summed E-state index contributed by atoms with van der Waals surface area (Å²) < 4.78 is 2.02. The van der Waals surface area contributed by atoms with Gasteiger partial charge in [-0.1, -0.05) is 0 Å². The predicted octanol–water partition coefficient (Wildman–Crippen LogP) is 2.41. The monoisotopic (exact) mass is 270 g/mol. The third-order valence-corrected chi connectivity index (χ3v) is 4.66. The molecule has 4 nitrogen and oxygen atoms in total. The predicted molar refractivity (Wildman–Crippen MR) is 76.4 cm³/mol. The van der Waals surface area contributed by atoms with Crippen LogP contribution < -0.4 is 5.32 Å². The van der Waals surface area contributed by atoms with E-state index in [0.29, 0.717) is 0 Å². The lowest BCUT2D eigenvalue weighted by atomic mass is 10.1. The normalized spacial score (nSPS) is 14.8. The number of hydrogen-bond donors (Lipinski definition) is 1. The molecule has 0 radical (unpaired) electrons. The summed E-state index contributed by atoms with van der Waals surface area (Å²) in [4.78, 5) is 5.76. The first-order valence-electron chi connectivity index (χ1n) is 6.44. The molecule has 96 valence electrons. The van der Waals surface area contributed by atoms with Crippen molar-refractivity contribution in [3.05, 3.63) is 40.5 Å². The van der Waals surface area contributed by atoms with Crippen LogP contribution in [-0.4, -0.2) is 21.1 Å². The lowest BCUT2D eigenvalue weighted by Crippen LogP contribution is -2.26. The standard InChI is InChI=1S/C14H14N4S/c1-9-3-5-19-14(9)11-6-13-16-8-10-7-15-4-2-12(10)18(13)17-11/h3,5-6,8,15H,2,4,7H2,1H3. The van der Waals surface area contributed by atoms with Gasteiger partial charge in [0.1, 0.15) is 5.69 Å². The van der Waals surface area contributed by atoms with E-state index in [-0.39, 0.29) is 0 Å². The maximum absolute atomic E-state index is 4.77. The number of aryl methyl sites for hydroxylation is 1. The molecule has 5 heteroatoms. The highest BCUT2D eigenvalue weighted by Crippen LogP contribution is 2.29. The first-order valence-corrected chi connectivity index (χ1v) is 7.32. The molecule has 0 fully saturated rings. The Morgan fingerprint density at radius 3 is 3.21 bits per heavy atom. The summed E-state index contributed by atoms with van der Waals surface area (Å²) in [6.07, 6.45) is 2.99. The van der Waals surface area contributed by atoms with E-state index in [1.807, 2.05) is 10.7 Å². The molecular weight excluding hydrogens is 256 g/mol. The number of thiophene rings is 1. The number of aromatic nitrogens is 3. The Hall–Kier alpha value is -1.72. The van der Waals surface area contributed by atoms with Gasteiger partial charge in [0.15, 0.2) is 5.65 Å². The highest BCUT2D eigenvalue weighted by atomic mass is 32.1. The first-order chi connectivity index (χ1) is 9.33. The maximum Gasteiger partial charge on any atom is 0.155 e. The number of rotatable bonds is 1. The van der Waals surface area contributed by atoms with Gasteiger partial charge < -0.3 is 5.32 Å². The van der Waals surface area contributed by atoms with Crippen LogP contribution in [0.1, 0.15) is 16.8 Å². The van der Waals surface area contributed by atoms with E-state index >= 15 is 0 Å². The molecule has 0 unspecified atom stereocenters. The lowest BCUT2D eigenvalue weighted by Gasteiger charge is -2.16. The van der Waals surface area contributed by atoms with E-state index in [1.54, 1.807) is 11.3 Å². The van der Waals surface area contributed by atoms with Gasteiger partial charge in [0.25, 0.3) is 0 Å². The van der Waals surface area contributed by atoms with Crippen molar-refractivity contribution in [3.63, 3.8) is 0 Å². The highest BCUT2D eigenvalue weighted by Gasteiger charge is 2.16. The Morgan fingerprint density at radius 2 is 2.37 bits per heavy atom. The van der Waals surface area contributed by atoms with Gasteiger partial charge in [0, 0.05) is 37.3 Å². The van der Waals surface area contributed by atoms with Gasteiger partial charge >= 0.3 is 0 Å². The van der Waals surface area contributed by atoms with E-state index in [1.165, 1.54) is 21.7 Å². The van der Waals surface area contributed by atoms with Crippen molar-refractivity contribution < 1.29 is 0 Å². The molecule has 3 aromatic rings. The maximum atomic E-state index is 4.77. The summed E-state index contributed by atoms with van der Waals surface area (Å²) in [5.41, 5.74) is 5.82. The number of nitrogens with zero attached hydrogens (tertiary/aromatic N) is 3. The van der Waals surface area contributed by atoms with Crippen molar-refractivity contribution >= 4 is 17.0 Å². The van der Waals surface area contributed by atoms with Crippen LogP contribution in [0.15, 0.2) is 23.7 Å². The van der Waals surface area contributed by atoms with Gasteiger partial charge in [-0.15, -0.1) is 11.3 Å². The molecule has 0 saturated heterocycles. The Morgan fingerprint density at radius 1 is 1.42 bits per heavy atom. The molecule has 0 saturated carbocycles. The molecule has 19 heavy (non-hydrogen) atoms. The zero-order chi connectivity index (χ0) is 12.8. The molecule has 0 spiro atoms. The molecule has 0 atom stereocenters. The summed E-state index contributed by atoms with van der Waals surface area (Å²) in [6, 6.07) is 4.22. The average molecular weight is 270 g/mol. The molecule has 4 heterocycles. The second kappa shape index (κ2) is 4.15. The van der Waals surface area contributed by atoms with Crippen LogP contribution >= 0.6 is 11.3 Å². The fraction of sp³-hybridized carbons (Fsp3) is 0.286. The van der Waals surface area contributed by atoms with Crippen LogP contribution in [0.2, 0.25) is 0 Å². The minimum absolute atomic E-state index is 0.894. The smallest absolute Gasteiger partial charge is 0.155 e. The van der Waals surface area contributed by atoms with Gasteiger partial charge in [-0.25, -0.2) is 9.50 Å². The molecule has 3 aromatic heterocycles. The number of nitrogens with one attached hydrogen (secondary N) is 1. The summed E-state index contributed by atoms with van der Waals surface area (Å²) in [7, 11) is 0. The largest absolute Gasteiger partial charge is 0.312 e. The molecule has 1 aliphatic heterocycles. The van der Waals surface area contributed by atoms with Crippen LogP contribution in [-0.2, 0) is 13.0 Å². The summed E-state index contributed by atoms with van der Waals surface area (Å²) in [5.74, 6) is 0. The number of fused-ring (bicyclic) bond motifs is 3. The third kappa shape index (κ3) is 1.69. The van der Waals surface area contributed by atoms with E-state index < -0.39 is 0 Å². The van der Waals surface area contributed by atoms with E-state index in [4.69, 9.17) is 5.10 Å². The fourth-order valence-electron chi connectivity index (χ4n) is 2.61. The minimum atomic E-state index is 0.894. The van der Waals surface area contributed by atoms with Crippen LogP contribution in [0.25, 0.3) is 16.2 Å². The summed E-state index contributed by atoms with van der Waals surface area (Å²) in [5, 5.41) is 10.2. The highest BCUT2D eigenvalue weighted by molar-refractivity contribution is 7.13. The van der Waals surface area contributed by atoms with Crippen molar-refractivity contribution in [1.29, 1.82) is 0 Å². The van der Waals surface area contributed by atoms with E-state index in [0.717, 1.165) is 30.9 Å². The third-order valence-electron chi connectivity index (χ3n) is 3.62. The Labute approximate surface area is 115 Å². The molecule has 0 aromatic carbocycles. The zero-order valence-electron chi connectivity index (χ0n) is 10.7. The molecule has 1 aliphatic rings. The Balaban J connectivity index is 1.94. The quantitative estimate of drug-likeness (QED) is 0.738. The lowest BCUT2D eigenvalue weighted by molar-refractivity contribution is 0.610. The summed E-state index contributed by atoms with van der Waals surface area (Å²) >= 11 is 1.74. The molecule has 4 rings (SSSR count). The Bertz CT molecular complexity index is 756. The van der Waals surface area contributed by atoms with Crippen molar-refractivity contribution in [2.45, 2.75) is 19.9 Å². The van der Waals surface area contributed by atoms with Gasteiger partial charge in [-0.2, -0.15) is 5.10 Å². The summed E-state index contributed by atoms with van der Waals surface area (Å²) in [6.45, 7) is 4.04. The molecular formula is C14H14N4S. The van der Waals surface area contributed by atoms with Crippen LogP contribution in [0, 0.1) is 6.92 Å². The topological polar surface area (TPSA) is 42.2 Å². The molecule has 0 bridgehead atoms. The van der Waals surface area contributed by atoms with Crippen molar-refractivity contribution in [1.82, 2.24) is 19.9 Å². The SMILES string of the molecule is Cc1ccsc1-c1cc2ncc3c(n2n1)CCNC3. The second-order valence-electron chi connectivity index (χ2n) is 4.89. The van der Waals surface area contributed by atoms with Crippen molar-refractivity contribution in [3.8, 4) is 10.6 Å². The van der Waals surface area contributed by atoms with Crippen molar-refractivity contribution in [2.75, 3.05) is 6.54 Å². The Kier molecular flexibility index (Phi) is 2.43. The number of hydrogen-bond acceptors (Lipinski definition) is 4. The molecule has 0 amide bonds. The second-order valence-corrected chi connectivity index (χ2v) is 5.81. The van der Waals surface area contributed by atoms with E-state index in [2.05, 4.69) is 34.7 Å². The van der Waals surface area contributed by atoms with Gasteiger partial charge in [0.05, 0.1) is 10.6 Å². The van der Waals surface area contributed by atoms with Gasteiger partial charge in [0.2, 0.25) is 0 Å². The van der Waals surface area contributed by atoms with Gasteiger partial charge in [-0.05, 0) is 23.9 Å². The molecule has 0 aliphatic carbocycles. The first kappa shape index (κ1) is 11.1. The van der Waals surface area contributed by atoms with Crippen LogP contribution in [0.4, 0.5) is 0 Å². The van der Waals surface area contributed by atoms with Gasteiger partial charge in [-0.3, -0.25) is 0 Å². The minimum Gasteiger partial charge on any atom is -0.312 e. The molecule has 1 N–H and O–H groups in total.